The summed E-state index contributed by atoms with van der Waals surface area (Å²) in [5.74, 6) is 0.705. The summed E-state index contributed by atoms with van der Waals surface area (Å²) in [6.07, 6.45) is 0. The average molecular weight is 793 g/mol. The van der Waals surface area contributed by atoms with E-state index in [9.17, 15) is 0 Å². The molecule has 0 aliphatic rings. The first kappa shape index (κ1) is 35.2. The highest BCUT2D eigenvalue weighted by atomic mass is 32.1. The molecule has 0 fully saturated rings. The van der Waals surface area contributed by atoms with Crippen molar-refractivity contribution < 1.29 is 0 Å². The van der Waals surface area contributed by atoms with E-state index in [1.165, 1.54) is 85.9 Å². The molecule has 0 atom stereocenters. The molecule has 12 aromatic rings. The van der Waals surface area contributed by atoms with E-state index in [1.54, 1.807) is 0 Å². The fourth-order valence-corrected chi connectivity index (χ4v) is 10.4. The van der Waals surface area contributed by atoms with Gasteiger partial charge in [-0.2, -0.15) is 0 Å². The summed E-state index contributed by atoms with van der Waals surface area (Å²) in [5, 5.41) is 10.1. The number of thiophene rings is 1. The summed E-state index contributed by atoms with van der Waals surface area (Å²) < 4.78 is 2.62. The van der Waals surface area contributed by atoms with Crippen LogP contribution in [0.15, 0.2) is 218 Å². The number of fused-ring (bicyclic) bond motifs is 7. The van der Waals surface area contributed by atoms with E-state index in [1.807, 2.05) is 29.5 Å². The van der Waals surface area contributed by atoms with Crippen LogP contribution >= 0.6 is 11.3 Å². The van der Waals surface area contributed by atoms with Crippen LogP contribution in [0.2, 0.25) is 0 Å². The minimum Gasteiger partial charge on any atom is -0.228 e. The lowest BCUT2D eigenvalue weighted by molar-refractivity contribution is 1.18. The minimum atomic E-state index is 0.705. The maximum Gasteiger partial charge on any atom is 0.160 e. The van der Waals surface area contributed by atoms with E-state index < -0.39 is 0 Å². The Balaban J connectivity index is 0.987. The van der Waals surface area contributed by atoms with Crippen LogP contribution in [0, 0.1) is 0 Å². The second-order valence-electron chi connectivity index (χ2n) is 15.6. The first-order valence-corrected chi connectivity index (χ1v) is 21.5. The number of hydrogen-bond acceptors (Lipinski definition) is 3. The van der Waals surface area contributed by atoms with Gasteiger partial charge in [0.15, 0.2) is 5.82 Å². The summed E-state index contributed by atoms with van der Waals surface area (Å²) in [6, 6.07) is 78.7. The van der Waals surface area contributed by atoms with E-state index in [0.717, 1.165) is 28.1 Å². The third-order valence-corrected chi connectivity index (χ3v) is 13.2. The molecule has 2 nitrogen and oxygen atoms in total. The molecule has 0 saturated carbocycles. The number of benzene rings is 10. The van der Waals surface area contributed by atoms with Gasteiger partial charge in [0.2, 0.25) is 0 Å². The molecule has 0 bridgehead atoms. The van der Waals surface area contributed by atoms with Crippen LogP contribution in [0.4, 0.5) is 0 Å². The SMILES string of the molecule is c1ccc(-c2nc(-c3ccc(-c4c5ccccc5c(-c5ccccc5)c5c4ccc4ccccc45)cc3)cc(-c3ccc(-c4cccc5sc6ccccc6c45)cc3)n2)cc1. The second-order valence-corrected chi connectivity index (χ2v) is 16.7. The Hall–Kier alpha value is -7.72. The predicted molar refractivity (Wildman–Crippen MR) is 260 cm³/mol. The first-order chi connectivity index (χ1) is 30.2. The molecule has 0 aliphatic carbocycles. The quantitative estimate of drug-likeness (QED) is 0.124. The van der Waals surface area contributed by atoms with Crippen LogP contribution in [0.1, 0.15) is 0 Å². The Morgan fingerprint density at radius 3 is 1.52 bits per heavy atom. The molecule has 0 N–H and O–H groups in total. The molecule has 0 saturated heterocycles. The minimum absolute atomic E-state index is 0.705. The molecule has 10 aromatic carbocycles. The molecule has 0 aliphatic heterocycles. The van der Waals surface area contributed by atoms with Crippen LogP contribution in [0.5, 0.6) is 0 Å². The van der Waals surface area contributed by atoms with Crippen molar-refractivity contribution in [3.05, 3.63) is 218 Å². The number of hydrogen-bond donors (Lipinski definition) is 0. The molecule has 2 heterocycles. The van der Waals surface area contributed by atoms with Crippen LogP contribution < -0.4 is 0 Å². The lowest BCUT2D eigenvalue weighted by atomic mass is 9.84. The van der Waals surface area contributed by atoms with Crippen molar-refractivity contribution in [3.63, 3.8) is 0 Å². The molecule has 284 valence electrons. The highest BCUT2D eigenvalue weighted by molar-refractivity contribution is 7.25. The maximum atomic E-state index is 5.19. The molecule has 0 unspecified atom stereocenters. The van der Waals surface area contributed by atoms with Crippen molar-refractivity contribution >= 4 is 63.8 Å². The summed E-state index contributed by atoms with van der Waals surface area (Å²) in [5.41, 5.74) is 12.2. The fourth-order valence-electron chi connectivity index (χ4n) is 9.27. The van der Waals surface area contributed by atoms with Gasteiger partial charge < -0.3 is 0 Å². The summed E-state index contributed by atoms with van der Waals surface area (Å²) in [7, 11) is 0. The third kappa shape index (κ3) is 6.01. The first-order valence-electron chi connectivity index (χ1n) is 20.7. The average Bonchev–Trinajstić information content (AvgIpc) is 3.73. The lowest BCUT2D eigenvalue weighted by Crippen LogP contribution is -1.96. The Bertz CT molecular complexity index is 3610. The molecule has 2 aromatic heterocycles. The summed E-state index contributed by atoms with van der Waals surface area (Å²) >= 11 is 1.85. The lowest BCUT2D eigenvalue weighted by Gasteiger charge is -2.19. The van der Waals surface area contributed by atoms with Gasteiger partial charge in [-0.05, 0) is 83.9 Å². The van der Waals surface area contributed by atoms with Crippen LogP contribution in [-0.4, -0.2) is 9.97 Å². The zero-order valence-electron chi connectivity index (χ0n) is 33.1. The van der Waals surface area contributed by atoms with Crippen LogP contribution in [-0.2, 0) is 0 Å². The molecular formula is C58H36N2S. The largest absolute Gasteiger partial charge is 0.228 e. The Labute approximate surface area is 357 Å². The molecule has 0 amide bonds. The van der Waals surface area contributed by atoms with Gasteiger partial charge in [-0.1, -0.05) is 200 Å². The van der Waals surface area contributed by atoms with E-state index >= 15 is 0 Å². The van der Waals surface area contributed by atoms with Gasteiger partial charge in [0.1, 0.15) is 0 Å². The topological polar surface area (TPSA) is 25.8 Å². The van der Waals surface area contributed by atoms with E-state index in [-0.39, 0.29) is 0 Å². The Morgan fingerprint density at radius 1 is 0.295 bits per heavy atom. The molecule has 0 spiro atoms. The molecule has 0 radical (unpaired) electrons. The Kier molecular flexibility index (Phi) is 8.39. The third-order valence-electron chi connectivity index (χ3n) is 12.1. The van der Waals surface area contributed by atoms with E-state index in [0.29, 0.717) is 5.82 Å². The predicted octanol–water partition coefficient (Wildman–Crippen LogP) is 16.3. The van der Waals surface area contributed by atoms with Crippen molar-refractivity contribution in [2.24, 2.45) is 0 Å². The van der Waals surface area contributed by atoms with Crippen LogP contribution in [0.25, 0.3) is 120 Å². The van der Waals surface area contributed by atoms with Gasteiger partial charge in [-0.3, -0.25) is 0 Å². The van der Waals surface area contributed by atoms with E-state index in [4.69, 9.17) is 9.97 Å². The van der Waals surface area contributed by atoms with Gasteiger partial charge in [-0.15, -0.1) is 11.3 Å². The zero-order valence-corrected chi connectivity index (χ0v) is 33.9. The van der Waals surface area contributed by atoms with Crippen molar-refractivity contribution in [1.29, 1.82) is 0 Å². The van der Waals surface area contributed by atoms with Gasteiger partial charge in [0.05, 0.1) is 11.4 Å². The number of nitrogens with zero attached hydrogens (tertiary/aromatic N) is 2. The monoisotopic (exact) mass is 792 g/mol. The zero-order chi connectivity index (χ0) is 40.3. The van der Waals surface area contributed by atoms with Gasteiger partial charge in [0.25, 0.3) is 0 Å². The van der Waals surface area contributed by atoms with Crippen molar-refractivity contribution in [2.45, 2.75) is 0 Å². The normalized spacial score (nSPS) is 11.6. The smallest absolute Gasteiger partial charge is 0.160 e. The highest BCUT2D eigenvalue weighted by Gasteiger charge is 2.19. The molecular weight excluding hydrogens is 757 g/mol. The number of aromatic nitrogens is 2. The summed E-state index contributed by atoms with van der Waals surface area (Å²) in [6.45, 7) is 0. The Morgan fingerprint density at radius 2 is 0.820 bits per heavy atom. The van der Waals surface area contributed by atoms with Crippen molar-refractivity contribution in [2.75, 3.05) is 0 Å². The van der Waals surface area contributed by atoms with Crippen LogP contribution in [0.3, 0.4) is 0 Å². The van der Waals surface area contributed by atoms with Gasteiger partial charge in [-0.25, -0.2) is 9.97 Å². The second kappa shape index (κ2) is 14.5. The standard InChI is InChI=1S/C58H36N2S/c1-3-15-41(16-4-1)55-47-21-10-9-20-46(47)54(49-35-34-37-14-7-8-19-45(37)57(49)55)42-32-30-40(31-33-42)51-36-50(59-58(60-51)43-17-5-2-6-18-43)39-28-26-38(27-29-39)44-23-13-25-53-56(44)48-22-11-12-24-52(48)61-53/h1-36H. The molecule has 12 rings (SSSR count). The highest BCUT2D eigenvalue weighted by Crippen LogP contribution is 2.47. The molecule has 3 heteroatoms. The van der Waals surface area contributed by atoms with Gasteiger partial charge >= 0.3 is 0 Å². The van der Waals surface area contributed by atoms with Crippen molar-refractivity contribution in [1.82, 2.24) is 9.97 Å². The van der Waals surface area contributed by atoms with Crippen molar-refractivity contribution in [3.8, 4) is 67.3 Å². The summed E-state index contributed by atoms with van der Waals surface area (Å²) in [4.78, 5) is 10.4. The maximum absolute atomic E-state index is 5.19. The number of rotatable bonds is 6. The fraction of sp³-hybridized carbons (Fsp3) is 0. The molecule has 61 heavy (non-hydrogen) atoms. The van der Waals surface area contributed by atoms with Gasteiger partial charge in [0, 0.05) is 36.9 Å². The van der Waals surface area contributed by atoms with E-state index in [2.05, 4.69) is 200 Å².